The summed E-state index contributed by atoms with van der Waals surface area (Å²) in [6.45, 7) is 0.519. The highest BCUT2D eigenvalue weighted by Crippen LogP contribution is 2.20. The van der Waals surface area contributed by atoms with E-state index in [9.17, 15) is 9.18 Å². The van der Waals surface area contributed by atoms with Gasteiger partial charge in [-0.2, -0.15) is 0 Å². The van der Waals surface area contributed by atoms with E-state index in [1.807, 2.05) is 12.1 Å². The lowest BCUT2D eigenvalue weighted by Crippen LogP contribution is -2.15. The van der Waals surface area contributed by atoms with E-state index in [1.54, 1.807) is 24.6 Å². The first-order valence-electron chi connectivity index (χ1n) is 7.11. The van der Waals surface area contributed by atoms with E-state index in [0.717, 1.165) is 11.4 Å². The molecular formula is C17H13ClFN3O2. The molecule has 2 heterocycles. The van der Waals surface area contributed by atoms with Crippen molar-refractivity contribution >= 4 is 29.0 Å². The molecule has 2 N–H and O–H groups in total. The van der Waals surface area contributed by atoms with E-state index in [-0.39, 0.29) is 10.6 Å². The lowest BCUT2D eigenvalue weighted by Gasteiger charge is -2.08. The van der Waals surface area contributed by atoms with Crippen LogP contribution in [-0.2, 0) is 6.54 Å². The molecule has 0 saturated heterocycles. The van der Waals surface area contributed by atoms with Gasteiger partial charge in [0.15, 0.2) is 0 Å². The quantitative estimate of drug-likeness (QED) is 0.722. The van der Waals surface area contributed by atoms with Crippen molar-refractivity contribution < 1.29 is 13.6 Å². The van der Waals surface area contributed by atoms with Gasteiger partial charge in [0.1, 0.15) is 17.4 Å². The van der Waals surface area contributed by atoms with Crippen LogP contribution in [0.15, 0.2) is 59.3 Å². The number of pyridine rings is 1. The average molecular weight is 346 g/mol. The third-order valence-electron chi connectivity index (χ3n) is 3.24. The largest absolute Gasteiger partial charge is 0.467 e. The lowest BCUT2D eigenvalue weighted by molar-refractivity contribution is 0.102. The number of rotatable bonds is 5. The van der Waals surface area contributed by atoms with E-state index in [1.165, 1.54) is 18.2 Å². The molecule has 24 heavy (non-hydrogen) atoms. The fourth-order valence-corrected chi connectivity index (χ4v) is 2.32. The maximum atomic E-state index is 13.7. The molecule has 0 atom stereocenters. The molecular weight excluding hydrogens is 333 g/mol. The van der Waals surface area contributed by atoms with Crippen LogP contribution in [0, 0.1) is 5.82 Å². The summed E-state index contributed by atoms with van der Waals surface area (Å²) >= 11 is 5.87. The zero-order chi connectivity index (χ0) is 16.9. The lowest BCUT2D eigenvalue weighted by atomic mass is 10.2. The molecule has 2 aromatic heterocycles. The molecule has 1 amide bonds. The first-order chi connectivity index (χ1) is 11.6. The van der Waals surface area contributed by atoms with Gasteiger partial charge in [0.25, 0.3) is 5.91 Å². The highest BCUT2D eigenvalue weighted by molar-refractivity contribution is 6.34. The monoisotopic (exact) mass is 345 g/mol. The van der Waals surface area contributed by atoms with Gasteiger partial charge < -0.3 is 15.1 Å². The minimum absolute atomic E-state index is 0.0456. The molecule has 0 spiro atoms. The van der Waals surface area contributed by atoms with Crippen molar-refractivity contribution in [1.29, 1.82) is 0 Å². The number of amides is 1. The van der Waals surface area contributed by atoms with Gasteiger partial charge in [0, 0.05) is 0 Å². The van der Waals surface area contributed by atoms with Crippen LogP contribution in [0.25, 0.3) is 0 Å². The van der Waals surface area contributed by atoms with Crippen molar-refractivity contribution in [3.05, 3.63) is 77.1 Å². The highest BCUT2D eigenvalue weighted by Gasteiger charge is 2.16. The predicted molar refractivity (Wildman–Crippen MR) is 89.6 cm³/mol. The molecule has 7 heteroatoms. The fraction of sp³-hybridized carbons (Fsp3) is 0.0588. The number of halogens is 2. The zero-order valence-corrected chi connectivity index (χ0v) is 13.2. The van der Waals surface area contributed by atoms with Gasteiger partial charge in [-0.15, -0.1) is 0 Å². The van der Waals surface area contributed by atoms with Gasteiger partial charge in [-0.25, -0.2) is 9.37 Å². The summed E-state index contributed by atoms with van der Waals surface area (Å²) in [4.78, 5) is 16.2. The van der Waals surface area contributed by atoms with Crippen molar-refractivity contribution in [3.63, 3.8) is 0 Å². The second kappa shape index (κ2) is 7.14. The van der Waals surface area contributed by atoms with Gasteiger partial charge in [0.2, 0.25) is 0 Å². The standard InChI is InChI=1S/C17H13ClFN3O2/c18-13-4-1-5-14(19)16(13)17(23)22-15-7-6-11(9-21-15)20-10-12-3-2-8-24-12/h1-9,20H,10H2,(H,21,22,23). The molecule has 0 fully saturated rings. The Morgan fingerprint density at radius 1 is 1.21 bits per heavy atom. The summed E-state index contributed by atoms with van der Waals surface area (Å²) in [6.07, 6.45) is 3.16. The Bertz CT molecular complexity index is 815. The second-order valence-electron chi connectivity index (χ2n) is 4.92. The molecule has 122 valence electrons. The molecule has 0 bridgehead atoms. The maximum Gasteiger partial charge on any atom is 0.261 e. The summed E-state index contributed by atoms with van der Waals surface area (Å²) in [5.41, 5.74) is 0.550. The maximum absolute atomic E-state index is 13.7. The topological polar surface area (TPSA) is 67.2 Å². The van der Waals surface area contributed by atoms with Crippen molar-refractivity contribution in [2.45, 2.75) is 6.54 Å². The SMILES string of the molecule is O=C(Nc1ccc(NCc2ccco2)cn1)c1c(F)cccc1Cl. The van der Waals surface area contributed by atoms with Gasteiger partial charge in [-0.1, -0.05) is 17.7 Å². The van der Waals surface area contributed by atoms with Crippen molar-refractivity contribution in [2.24, 2.45) is 0 Å². The summed E-state index contributed by atoms with van der Waals surface area (Å²) in [6, 6.07) is 11.1. The predicted octanol–water partition coefficient (Wildman–Crippen LogP) is 4.33. The fourth-order valence-electron chi connectivity index (χ4n) is 2.07. The van der Waals surface area contributed by atoms with E-state index in [2.05, 4.69) is 15.6 Å². The summed E-state index contributed by atoms with van der Waals surface area (Å²) in [7, 11) is 0. The Hall–Kier alpha value is -2.86. The molecule has 5 nitrogen and oxygen atoms in total. The molecule has 0 aliphatic carbocycles. The molecule has 0 saturated carbocycles. The summed E-state index contributed by atoms with van der Waals surface area (Å²) in [5, 5.41) is 5.69. The number of benzene rings is 1. The van der Waals surface area contributed by atoms with Crippen LogP contribution < -0.4 is 10.6 Å². The van der Waals surface area contributed by atoms with E-state index in [4.69, 9.17) is 16.0 Å². The third kappa shape index (κ3) is 3.72. The number of furan rings is 1. The van der Waals surface area contributed by atoms with Crippen LogP contribution in [0.4, 0.5) is 15.9 Å². The van der Waals surface area contributed by atoms with Gasteiger partial charge in [-0.3, -0.25) is 4.79 Å². The van der Waals surface area contributed by atoms with Gasteiger partial charge in [-0.05, 0) is 36.4 Å². The minimum Gasteiger partial charge on any atom is -0.467 e. The van der Waals surface area contributed by atoms with Crippen LogP contribution in [0.5, 0.6) is 0 Å². The molecule has 0 aliphatic rings. The minimum atomic E-state index is -0.684. The van der Waals surface area contributed by atoms with Crippen LogP contribution in [0.3, 0.4) is 0 Å². The Labute approximate surface area is 142 Å². The Balaban J connectivity index is 1.64. The molecule has 0 unspecified atom stereocenters. The summed E-state index contributed by atoms with van der Waals surface area (Å²) < 4.78 is 18.9. The molecule has 3 aromatic rings. The van der Waals surface area contributed by atoms with E-state index in [0.29, 0.717) is 12.4 Å². The molecule has 1 aromatic carbocycles. The van der Waals surface area contributed by atoms with E-state index < -0.39 is 11.7 Å². The number of anilines is 2. The number of carbonyl (C=O) groups is 1. The number of nitrogens with zero attached hydrogens (tertiary/aromatic N) is 1. The molecule has 0 aliphatic heterocycles. The Morgan fingerprint density at radius 3 is 2.75 bits per heavy atom. The first-order valence-corrected chi connectivity index (χ1v) is 7.49. The van der Waals surface area contributed by atoms with Crippen LogP contribution in [-0.4, -0.2) is 10.9 Å². The van der Waals surface area contributed by atoms with Crippen LogP contribution >= 0.6 is 11.6 Å². The number of aromatic nitrogens is 1. The first kappa shape index (κ1) is 16.0. The van der Waals surface area contributed by atoms with Crippen molar-refractivity contribution in [1.82, 2.24) is 4.98 Å². The second-order valence-corrected chi connectivity index (χ2v) is 5.32. The van der Waals surface area contributed by atoms with Crippen molar-refractivity contribution in [3.8, 4) is 0 Å². The number of carbonyl (C=O) groups excluding carboxylic acids is 1. The smallest absolute Gasteiger partial charge is 0.261 e. The van der Waals surface area contributed by atoms with E-state index >= 15 is 0 Å². The average Bonchev–Trinajstić information content (AvgIpc) is 3.07. The number of nitrogens with one attached hydrogen (secondary N) is 2. The van der Waals surface area contributed by atoms with Gasteiger partial charge in [0.05, 0.1) is 35.3 Å². The number of hydrogen-bond donors (Lipinski definition) is 2. The van der Waals surface area contributed by atoms with Gasteiger partial charge >= 0.3 is 0 Å². The van der Waals surface area contributed by atoms with Crippen molar-refractivity contribution in [2.75, 3.05) is 10.6 Å². The normalized spacial score (nSPS) is 10.4. The van der Waals surface area contributed by atoms with Crippen LogP contribution in [0.1, 0.15) is 16.1 Å². The number of hydrogen-bond acceptors (Lipinski definition) is 4. The Morgan fingerprint density at radius 2 is 2.08 bits per heavy atom. The Kier molecular flexibility index (Phi) is 4.77. The van der Waals surface area contributed by atoms with Crippen LogP contribution in [0.2, 0.25) is 5.02 Å². The third-order valence-corrected chi connectivity index (χ3v) is 3.56. The molecule has 0 radical (unpaired) electrons. The molecule has 3 rings (SSSR count). The summed E-state index contributed by atoms with van der Waals surface area (Å²) in [5.74, 6) is -0.247. The zero-order valence-electron chi connectivity index (χ0n) is 12.4. The highest BCUT2D eigenvalue weighted by atomic mass is 35.5.